The Kier molecular flexibility index (Phi) is 2.49. The molecule has 54 valence electrons. The first-order valence-electron chi connectivity index (χ1n) is 3.52. The smallest absolute Gasteiger partial charge is 0.0932 e. The highest BCUT2D eigenvalue weighted by Gasteiger charge is 2.21. The van der Waals surface area contributed by atoms with Gasteiger partial charge in [0.15, 0.2) is 0 Å². The highest BCUT2D eigenvalue weighted by atomic mass is 17.2. The maximum atomic E-state index is 4.97. The fourth-order valence-corrected chi connectivity index (χ4v) is 1.38. The predicted molar refractivity (Wildman–Crippen MR) is 34.9 cm³/mol. The van der Waals surface area contributed by atoms with E-state index in [1.807, 2.05) is 0 Å². The van der Waals surface area contributed by atoms with Crippen molar-refractivity contribution in [3.05, 3.63) is 0 Å². The monoisotopic (exact) mass is 130 g/mol. The lowest BCUT2D eigenvalue weighted by atomic mass is 10.1. The van der Waals surface area contributed by atoms with Crippen LogP contribution in [0.1, 0.15) is 26.2 Å². The minimum atomic E-state index is 0.366. The fourth-order valence-electron chi connectivity index (χ4n) is 1.38. The van der Waals surface area contributed by atoms with Crippen LogP contribution in [0.15, 0.2) is 0 Å². The van der Waals surface area contributed by atoms with E-state index >= 15 is 0 Å². The molecule has 0 radical (unpaired) electrons. The van der Waals surface area contributed by atoms with Crippen molar-refractivity contribution in [1.82, 2.24) is 0 Å². The number of rotatable bonds is 2. The van der Waals surface area contributed by atoms with Crippen LogP contribution >= 0.6 is 0 Å². The molecule has 0 aromatic heterocycles. The molecule has 1 aliphatic carbocycles. The van der Waals surface area contributed by atoms with Gasteiger partial charge in [0.1, 0.15) is 0 Å². The molecule has 0 spiro atoms. The normalized spacial score (nSPS) is 35.3. The first kappa shape index (κ1) is 7.03. The second-order valence-corrected chi connectivity index (χ2v) is 2.80. The van der Waals surface area contributed by atoms with E-state index in [1.54, 1.807) is 7.11 Å². The van der Waals surface area contributed by atoms with Gasteiger partial charge in [0, 0.05) is 0 Å². The Labute approximate surface area is 56.1 Å². The highest BCUT2D eigenvalue weighted by molar-refractivity contribution is 4.71. The fraction of sp³-hybridized carbons (Fsp3) is 1.00. The summed E-state index contributed by atoms with van der Waals surface area (Å²) >= 11 is 0. The van der Waals surface area contributed by atoms with Crippen molar-refractivity contribution in [2.24, 2.45) is 5.92 Å². The van der Waals surface area contributed by atoms with Crippen LogP contribution in [0.25, 0.3) is 0 Å². The Balaban J connectivity index is 2.14. The molecule has 1 fully saturated rings. The molecule has 1 saturated carbocycles. The molecule has 2 atom stereocenters. The predicted octanol–water partition coefficient (Wildman–Crippen LogP) is 1.75. The Hall–Kier alpha value is -0.0800. The van der Waals surface area contributed by atoms with Crippen LogP contribution in [0.4, 0.5) is 0 Å². The van der Waals surface area contributed by atoms with E-state index in [9.17, 15) is 0 Å². The average molecular weight is 130 g/mol. The molecule has 0 bridgehead atoms. The van der Waals surface area contributed by atoms with Crippen molar-refractivity contribution in [3.8, 4) is 0 Å². The zero-order valence-corrected chi connectivity index (χ0v) is 6.09. The Bertz CT molecular complexity index is 81.0. The Morgan fingerprint density at radius 1 is 1.33 bits per heavy atom. The second kappa shape index (κ2) is 3.18. The topological polar surface area (TPSA) is 18.5 Å². The van der Waals surface area contributed by atoms with E-state index in [2.05, 4.69) is 11.8 Å². The van der Waals surface area contributed by atoms with Crippen LogP contribution < -0.4 is 0 Å². The maximum Gasteiger partial charge on any atom is 0.0932 e. The molecule has 0 saturated heterocycles. The molecule has 0 aromatic carbocycles. The van der Waals surface area contributed by atoms with Crippen LogP contribution in [0, 0.1) is 5.92 Å². The molecule has 2 nitrogen and oxygen atoms in total. The van der Waals surface area contributed by atoms with E-state index < -0.39 is 0 Å². The molecule has 0 N–H and O–H groups in total. The molecule has 0 amide bonds. The Morgan fingerprint density at radius 3 is 2.56 bits per heavy atom. The zero-order valence-electron chi connectivity index (χ0n) is 6.09. The maximum absolute atomic E-state index is 4.97. The van der Waals surface area contributed by atoms with Gasteiger partial charge in [-0.15, -0.1) is 0 Å². The summed E-state index contributed by atoms with van der Waals surface area (Å²) in [6.07, 6.45) is 3.97. The molecule has 1 rings (SSSR count). The first-order valence-corrected chi connectivity index (χ1v) is 3.52. The summed E-state index contributed by atoms with van der Waals surface area (Å²) in [5.41, 5.74) is 0. The van der Waals surface area contributed by atoms with Gasteiger partial charge in [-0.25, -0.2) is 9.78 Å². The molecule has 0 aliphatic heterocycles. The first-order chi connectivity index (χ1) is 4.33. The molecule has 1 aliphatic rings. The lowest BCUT2D eigenvalue weighted by Gasteiger charge is -2.05. The standard InChI is InChI=1S/C7H14O2/c1-6-3-4-7(5-6)9-8-2/h6-7H,3-5H2,1-2H3. The SMILES string of the molecule is COOC1CCC(C)C1. The third-order valence-electron chi connectivity index (χ3n) is 1.88. The molecule has 0 aromatic rings. The lowest BCUT2D eigenvalue weighted by Crippen LogP contribution is -2.06. The van der Waals surface area contributed by atoms with Gasteiger partial charge in [-0.2, -0.15) is 0 Å². The van der Waals surface area contributed by atoms with E-state index in [0.29, 0.717) is 6.10 Å². The number of hydrogen-bond donors (Lipinski definition) is 0. The van der Waals surface area contributed by atoms with Gasteiger partial charge in [-0.1, -0.05) is 6.92 Å². The molecule has 9 heavy (non-hydrogen) atoms. The molecule has 2 heteroatoms. The molecule has 0 heterocycles. The largest absolute Gasteiger partial charge is 0.240 e. The van der Waals surface area contributed by atoms with Crippen molar-refractivity contribution >= 4 is 0 Å². The zero-order chi connectivity index (χ0) is 6.69. The minimum Gasteiger partial charge on any atom is -0.240 e. The van der Waals surface area contributed by atoms with Gasteiger partial charge in [-0.3, -0.25) is 0 Å². The summed E-state index contributed by atoms with van der Waals surface area (Å²) in [6.45, 7) is 2.25. The summed E-state index contributed by atoms with van der Waals surface area (Å²) in [6, 6.07) is 0. The van der Waals surface area contributed by atoms with E-state index in [4.69, 9.17) is 4.89 Å². The van der Waals surface area contributed by atoms with E-state index in [0.717, 1.165) is 18.8 Å². The van der Waals surface area contributed by atoms with Gasteiger partial charge in [0.25, 0.3) is 0 Å². The summed E-state index contributed by atoms with van der Waals surface area (Å²) in [5.74, 6) is 0.824. The van der Waals surface area contributed by atoms with Crippen molar-refractivity contribution in [3.63, 3.8) is 0 Å². The average Bonchev–Trinajstić information content (AvgIpc) is 2.17. The van der Waals surface area contributed by atoms with Crippen molar-refractivity contribution in [1.29, 1.82) is 0 Å². The van der Waals surface area contributed by atoms with Crippen LogP contribution in [-0.2, 0) is 9.78 Å². The van der Waals surface area contributed by atoms with Gasteiger partial charge in [-0.05, 0) is 25.2 Å². The van der Waals surface area contributed by atoms with Gasteiger partial charge < -0.3 is 0 Å². The van der Waals surface area contributed by atoms with Crippen LogP contribution in [0.5, 0.6) is 0 Å². The van der Waals surface area contributed by atoms with Crippen molar-refractivity contribution in [2.75, 3.05) is 7.11 Å². The second-order valence-electron chi connectivity index (χ2n) is 2.80. The van der Waals surface area contributed by atoms with Gasteiger partial charge >= 0.3 is 0 Å². The van der Waals surface area contributed by atoms with Crippen LogP contribution in [-0.4, -0.2) is 13.2 Å². The van der Waals surface area contributed by atoms with Gasteiger partial charge in [0.05, 0.1) is 13.2 Å². The molecular formula is C7H14O2. The van der Waals surface area contributed by atoms with E-state index in [1.165, 1.54) is 6.42 Å². The van der Waals surface area contributed by atoms with Crippen LogP contribution in [0.3, 0.4) is 0 Å². The Morgan fingerprint density at radius 2 is 2.11 bits per heavy atom. The molecule has 2 unspecified atom stereocenters. The quantitative estimate of drug-likeness (QED) is 0.419. The highest BCUT2D eigenvalue weighted by Crippen LogP contribution is 2.26. The van der Waals surface area contributed by atoms with Crippen molar-refractivity contribution in [2.45, 2.75) is 32.3 Å². The minimum absolute atomic E-state index is 0.366. The summed E-state index contributed by atoms with van der Waals surface area (Å²) < 4.78 is 0. The summed E-state index contributed by atoms with van der Waals surface area (Å²) in [7, 11) is 1.57. The van der Waals surface area contributed by atoms with Crippen molar-refractivity contribution < 1.29 is 9.78 Å². The van der Waals surface area contributed by atoms with E-state index in [-0.39, 0.29) is 0 Å². The third-order valence-corrected chi connectivity index (χ3v) is 1.88. The summed E-state index contributed by atoms with van der Waals surface area (Å²) in [4.78, 5) is 9.55. The molecular weight excluding hydrogens is 116 g/mol. The van der Waals surface area contributed by atoms with Gasteiger partial charge in [0.2, 0.25) is 0 Å². The third kappa shape index (κ3) is 1.95. The number of hydrogen-bond acceptors (Lipinski definition) is 2. The lowest BCUT2D eigenvalue weighted by molar-refractivity contribution is -0.303. The summed E-state index contributed by atoms with van der Waals surface area (Å²) in [5, 5.41) is 0. The van der Waals surface area contributed by atoms with Crippen LogP contribution in [0.2, 0.25) is 0 Å².